The van der Waals surface area contributed by atoms with Crippen molar-refractivity contribution in [1.29, 1.82) is 0 Å². The summed E-state index contributed by atoms with van der Waals surface area (Å²) >= 11 is 0. The summed E-state index contributed by atoms with van der Waals surface area (Å²) in [6.45, 7) is 0.493. The molecular formula is C17H14O3. The van der Waals surface area contributed by atoms with Gasteiger partial charge in [0.25, 0.3) is 0 Å². The van der Waals surface area contributed by atoms with Crippen LogP contribution in [0.1, 0.15) is 17.5 Å². The second-order valence-corrected chi connectivity index (χ2v) is 4.17. The molecule has 2 rings (SSSR count). The number of carbonyl (C=O) groups is 1. The average Bonchev–Trinajstić information content (AvgIpc) is 2.46. The second kappa shape index (κ2) is 7.01. The van der Waals surface area contributed by atoms with Gasteiger partial charge in [-0.25, -0.2) is 0 Å². The van der Waals surface area contributed by atoms with Crippen molar-refractivity contribution in [1.82, 2.24) is 0 Å². The van der Waals surface area contributed by atoms with Crippen LogP contribution in [-0.4, -0.2) is 11.1 Å². The molecule has 3 nitrogen and oxygen atoms in total. The molecule has 0 aromatic heterocycles. The van der Waals surface area contributed by atoms with E-state index in [2.05, 4.69) is 11.8 Å². The van der Waals surface area contributed by atoms with E-state index < -0.39 is 5.97 Å². The van der Waals surface area contributed by atoms with Crippen LogP contribution in [0.15, 0.2) is 54.6 Å². The molecule has 0 saturated carbocycles. The third kappa shape index (κ3) is 4.51. The Morgan fingerprint density at radius 1 is 1.10 bits per heavy atom. The number of carboxylic acids is 1. The maximum atomic E-state index is 10.4. The van der Waals surface area contributed by atoms with Gasteiger partial charge in [-0.15, -0.1) is 0 Å². The first-order chi connectivity index (χ1) is 9.74. The fourth-order valence-electron chi connectivity index (χ4n) is 1.63. The lowest BCUT2D eigenvalue weighted by Crippen LogP contribution is -1.95. The van der Waals surface area contributed by atoms with Crippen molar-refractivity contribution in [3.8, 4) is 17.6 Å². The zero-order chi connectivity index (χ0) is 14.2. The Morgan fingerprint density at radius 3 is 2.65 bits per heavy atom. The van der Waals surface area contributed by atoms with Crippen molar-refractivity contribution in [2.24, 2.45) is 0 Å². The molecule has 0 fully saturated rings. The van der Waals surface area contributed by atoms with Crippen molar-refractivity contribution < 1.29 is 14.6 Å². The van der Waals surface area contributed by atoms with Crippen molar-refractivity contribution in [3.05, 3.63) is 65.7 Å². The number of benzene rings is 2. The average molecular weight is 266 g/mol. The number of aliphatic carboxylic acids is 1. The number of ether oxygens (including phenoxy) is 1. The summed E-state index contributed by atoms with van der Waals surface area (Å²) in [7, 11) is 0. The molecule has 0 aliphatic heterocycles. The Labute approximate surface area is 117 Å². The molecule has 0 atom stereocenters. The van der Waals surface area contributed by atoms with Crippen LogP contribution < -0.4 is 4.74 Å². The summed E-state index contributed by atoms with van der Waals surface area (Å²) in [6.07, 6.45) is -0.158. The number of hydrogen-bond acceptors (Lipinski definition) is 2. The van der Waals surface area contributed by atoms with Gasteiger partial charge in [0.2, 0.25) is 0 Å². The molecule has 0 heterocycles. The minimum absolute atomic E-state index is 0.158. The van der Waals surface area contributed by atoms with Crippen LogP contribution in [0, 0.1) is 11.8 Å². The normalized spacial score (nSPS) is 9.40. The first-order valence-electron chi connectivity index (χ1n) is 6.21. The van der Waals surface area contributed by atoms with Crippen molar-refractivity contribution >= 4 is 5.97 Å². The van der Waals surface area contributed by atoms with E-state index in [-0.39, 0.29) is 6.42 Å². The molecule has 0 radical (unpaired) electrons. The first-order valence-corrected chi connectivity index (χ1v) is 6.21. The van der Waals surface area contributed by atoms with Gasteiger partial charge in [0.05, 0.1) is 0 Å². The molecular weight excluding hydrogens is 252 g/mol. The minimum atomic E-state index is -0.922. The van der Waals surface area contributed by atoms with Crippen molar-refractivity contribution in [2.45, 2.75) is 13.0 Å². The predicted molar refractivity (Wildman–Crippen MR) is 76.3 cm³/mol. The van der Waals surface area contributed by atoms with Crippen LogP contribution >= 0.6 is 0 Å². The minimum Gasteiger partial charge on any atom is -0.489 e. The second-order valence-electron chi connectivity index (χ2n) is 4.17. The van der Waals surface area contributed by atoms with Crippen molar-refractivity contribution in [3.63, 3.8) is 0 Å². The molecule has 0 spiro atoms. The van der Waals surface area contributed by atoms with E-state index in [1.807, 2.05) is 48.5 Å². The molecule has 0 amide bonds. The van der Waals surface area contributed by atoms with E-state index in [0.29, 0.717) is 6.61 Å². The van der Waals surface area contributed by atoms with E-state index >= 15 is 0 Å². The van der Waals surface area contributed by atoms with Gasteiger partial charge in [0.1, 0.15) is 18.8 Å². The molecule has 1 N–H and O–H groups in total. The highest BCUT2D eigenvalue weighted by atomic mass is 16.5. The molecule has 0 saturated heterocycles. The summed E-state index contributed by atoms with van der Waals surface area (Å²) in [4.78, 5) is 10.4. The van der Waals surface area contributed by atoms with Gasteiger partial charge in [0.15, 0.2) is 0 Å². The van der Waals surface area contributed by atoms with E-state index in [4.69, 9.17) is 9.84 Å². The predicted octanol–water partition coefficient (Wildman–Crippen LogP) is 3.09. The lowest BCUT2D eigenvalue weighted by Gasteiger charge is -2.06. The van der Waals surface area contributed by atoms with Gasteiger partial charge in [0, 0.05) is 5.56 Å². The summed E-state index contributed by atoms with van der Waals surface area (Å²) in [5.74, 6) is 5.20. The number of rotatable bonds is 4. The van der Waals surface area contributed by atoms with Crippen LogP contribution in [0.4, 0.5) is 0 Å². The Balaban J connectivity index is 1.98. The Morgan fingerprint density at radius 2 is 1.90 bits per heavy atom. The third-order valence-electron chi connectivity index (χ3n) is 2.55. The fourth-order valence-corrected chi connectivity index (χ4v) is 1.63. The van der Waals surface area contributed by atoms with Crippen molar-refractivity contribution in [2.75, 3.05) is 0 Å². The van der Waals surface area contributed by atoms with Gasteiger partial charge >= 0.3 is 5.97 Å². The van der Waals surface area contributed by atoms with Gasteiger partial charge in [-0.05, 0) is 23.8 Å². The maximum absolute atomic E-state index is 10.4. The largest absolute Gasteiger partial charge is 0.489 e. The molecule has 2 aromatic rings. The van der Waals surface area contributed by atoms with Crippen LogP contribution in [0.25, 0.3) is 0 Å². The lowest BCUT2D eigenvalue weighted by molar-refractivity contribution is -0.135. The molecule has 20 heavy (non-hydrogen) atoms. The molecule has 2 aromatic carbocycles. The highest BCUT2D eigenvalue weighted by Gasteiger charge is 1.97. The van der Waals surface area contributed by atoms with E-state index in [0.717, 1.165) is 16.9 Å². The van der Waals surface area contributed by atoms with Gasteiger partial charge in [-0.1, -0.05) is 48.2 Å². The number of hydrogen-bond donors (Lipinski definition) is 1. The standard InChI is InChI=1S/C17H14O3/c18-17(19)11-5-9-14-8-4-10-16(12-14)20-13-15-6-2-1-3-7-15/h1-4,6-8,10,12H,11,13H2,(H,18,19). The summed E-state index contributed by atoms with van der Waals surface area (Å²) < 4.78 is 5.68. The molecule has 3 heteroatoms. The highest BCUT2D eigenvalue weighted by molar-refractivity contribution is 5.70. The summed E-state index contributed by atoms with van der Waals surface area (Å²) in [5.41, 5.74) is 1.84. The van der Waals surface area contributed by atoms with Gasteiger partial charge in [-0.3, -0.25) is 4.79 Å². The van der Waals surface area contributed by atoms with Gasteiger partial charge in [-0.2, -0.15) is 0 Å². The van der Waals surface area contributed by atoms with E-state index in [1.54, 1.807) is 6.07 Å². The zero-order valence-corrected chi connectivity index (χ0v) is 10.9. The lowest BCUT2D eigenvalue weighted by atomic mass is 10.2. The van der Waals surface area contributed by atoms with Crippen LogP contribution in [0.2, 0.25) is 0 Å². The molecule has 100 valence electrons. The van der Waals surface area contributed by atoms with E-state index in [1.165, 1.54) is 0 Å². The first kappa shape index (κ1) is 13.7. The molecule has 0 aliphatic carbocycles. The molecule has 0 unspecified atom stereocenters. The fraction of sp³-hybridized carbons (Fsp3) is 0.118. The Bertz CT molecular complexity index is 636. The number of carboxylic acid groups (broad SMARTS) is 1. The zero-order valence-electron chi connectivity index (χ0n) is 10.9. The van der Waals surface area contributed by atoms with Crippen LogP contribution in [0.5, 0.6) is 5.75 Å². The van der Waals surface area contributed by atoms with Crippen LogP contribution in [-0.2, 0) is 11.4 Å². The summed E-state index contributed by atoms with van der Waals surface area (Å²) in [5, 5.41) is 8.53. The SMILES string of the molecule is O=C(O)CC#Cc1cccc(OCc2ccccc2)c1. The molecule has 0 bridgehead atoms. The molecule has 0 aliphatic rings. The van der Waals surface area contributed by atoms with Crippen LogP contribution in [0.3, 0.4) is 0 Å². The van der Waals surface area contributed by atoms with Gasteiger partial charge < -0.3 is 9.84 Å². The monoisotopic (exact) mass is 266 g/mol. The quantitative estimate of drug-likeness (QED) is 0.865. The smallest absolute Gasteiger partial charge is 0.315 e. The Hall–Kier alpha value is -2.73. The highest BCUT2D eigenvalue weighted by Crippen LogP contribution is 2.14. The topological polar surface area (TPSA) is 46.5 Å². The maximum Gasteiger partial charge on any atom is 0.315 e. The Kier molecular flexibility index (Phi) is 4.80. The van der Waals surface area contributed by atoms with E-state index in [9.17, 15) is 4.79 Å². The summed E-state index contributed by atoms with van der Waals surface area (Å²) in [6, 6.07) is 17.2. The third-order valence-corrected chi connectivity index (χ3v) is 2.55.